The topological polar surface area (TPSA) is 86.2 Å². The average Bonchev–Trinajstić information content (AvgIpc) is 3.76. The third-order valence-electron chi connectivity index (χ3n) is 5.23. The van der Waals surface area contributed by atoms with Crippen LogP contribution in [0.5, 0.6) is 0 Å². The van der Waals surface area contributed by atoms with E-state index in [-0.39, 0.29) is 11.8 Å². The lowest BCUT2D eigenvalue weighted by Gasteiger charge is -2.19. The fourth-order valence-electron chi connectivity index (χ4n) is 3.22. The second-order valence-corrected chi connectivity index (χ2v) is 9.29. The van der Waals surface area contributed by atoms with E-state index in [0.717, 1.165) is 42.8 Å². The Morgan fingerprint density at radius 2 is 1.74 bits per heavy atom. The van der Waals surface area contributed by atoms with Crippen LogP contribution in [-0.4, -0.2) is 41.6 Å². The van der Waals surface area contributed by atoms with E-state index in [1.165, 1.54) is 13.3 Å². The summed E-state index contributed by atoms with van der Waals surface area (Å²) in [5, 5.41) is 11.2. The number of amidine groups is 1. The molecule has 0 bridgehead atoms. The standard InChI is InChI=1S/C14H15F3N2O.C13H17N3O.C3H8.C2H6/c1-4-11(12(18-3)14(15,16)17)13(20)19-10-7-5-6-9(2)8-10;1-9-4-5-10(2)16(8-9)15-11(3)14-13(17)12-6-7-12;1-3-2;1-2/h4-8H,1-3H3,(H,19,20);4-5,8,12H,2,6-7H2,1,3H3,(H,14,15,17);3H2,1-2H3;1-2H3/b11-4+,18-12?;;;. The van der Waals surface area contributed by atoms with Gasteiger partial charge in [0.1, 0.15) is 5.84 Å². The summed E-state index contributed by atoms with van der Waals surface area (Å²) in [7, 11) is 1.01. The summed E-state index contributed by atoms with van der Waals surface area (Å²) in [6.07, 6.45) is 5.44. The Balaban J connectivity index is 0.000000699. The number of carbonyl (C=O) groups is 2. The third kappa shape index (κ3) is 14.1. The van der Waals surface area contributed by atoms with Crippen molar-refractivity contribution >= 4 is 29.0 Å². The molecule has 0 unspecified atom stereocenters. The second kappa shape index (κ2) is 19.2. The number of hydrogen-bond donors (Lipinski definition) is 2. The monoisotopic (exact) mass is 589 g/mol. The van der Waals surface area contributed by atoms with Gasteiger partial charge in [0.2, 0.25) is 5.91 Å². The fraction of sp³-hybridized carbons (Fsp3) is 0.438. The van der Waals surface area contributed by atoms with Gasteiger partial charge in [-0.2, -0.15) is 18.3 Å². The van der Waals surface area contributed by atoms with Crippen LogP contribution < -0.4 is 10.6 Å². The van der Waals surface area contributed by atoms with Gasteiger partial charge in [-0.3, -0.25) is 14.6 Å². The molecule has 0 spiro atoms. The van der Waals surface area contributed by atoms with Gasteiger partial charge >= 0.3 is 6.18 Å². The van der Waals surface area contributed by atoms with Crippen molar-refractivity contribution in [3.05, 3.63) is 77.7 Å². The van der Waals surface area contributed by atoms with Crippen molar-refractivity contribution in [3.8, 4) is 0 Å². The van der Waals surface area contributed by atoms with Crippen LogP contribution in [0.2, 0.25) is 0 Å². The number of hydrazone groups is 1. The first kappa shape index (κ1) is 38.0. The van der Waals surface area contributed by atoms with Crippen molar-refractivity contribution in [2.24, 2.45) is 16.0 Å². The first-order chi connectivity index (χ1) is 19.8. The molecule has 1 aliphatic carbocycles. The van der Waals surface area contributed by atoms with E-state index in [0.29, 0.717) is 11.5 Å². The Morgan fingerprint density at radius 3 is 2.21 bits per heavy atom. The SMILES string of the molecule is C/C=C(/C(=O)Nc1cccc(C)c1)C(=NC)C(F)(F)F.C=C1C=CC(C)=CN1/N=C(\C)NC(=O)C1CC1.CC.CCC. The van der Waals surface area contributed by atoms with Crippen LogP contribution in [0.4, 0.5) is 18.9 Å². The van der Waals surface area contributed by atoms with Crippen LogP contribution in [0.15, 0.2) is 82.2 Å². The van der Waals surface area contributed by atoms with Crippen molar-refractivity contribution in [2.45, 2.75) is 80.8 Å². The highest BCUT2D eigenvalue weighted by molar-refractivity contribution is 6.27. The minimum Gasteiger partial charge on any atom is -0.322 e. The predicted octanol–water partition coefficient (Wildman–Crippen LogP) is 8.09. The molecule has 0 saturated heterocycles. The minimum atomic E-state index is -4.67. The highest BCUT2D eigenvalue weighted by Crippen LogP contribution is 2.28. The van der Waals surface area contributed by atoms with Crippen LogP contribution in [-0.2, 0) is 9.59 Å². The summed E-state index contributed by atoms with van der Waals surface area (Å²) >= 11 is 0. The van der Waals surface area contributed by atoms with Crippen LogP contribution in [0.25, 0.3) is 0 Å². The molecule has 1 fully saturated rings. The summed E-state index contributed by atoms with van der Waals surface area (Å²) in [6.45, 7) is 19.1. The second-order valence-electron chi connectivity index (χ2n) is 9.29. The molecule has 7 nitrogen and oxygen atoms in total. The number of aryl methyl sites for hydroxylation is 1. The molecule has 0 aromatic heterocycles. The minimum absolute atomic E-state index is 0.0742. The van der Waals surface area contributed by atoms with E-state index in [2.05, 4.69) is 41.2 Å². The molecule has 2 amide bonds. The van der Waals surface area contributed by atoms with Crippen molar-refractivity contribution in [1.82, 2.24) is 10.3 Å². The Labute approximate surface area is 249 Å². The van der Waals surface area contributed by atoms with E-state index in [9.17, 15) is 22.8 Å². The molecule has 3 rings (SSSR count). The van der Waals surface area contributed by atoms with Gasteiger partial charge in [-0.15, -0.1) is 0 Å². The lowest BCUT2D eigenvalue weighted by atomic mass is 10.1. The van der Waals surface area contributed by atoms with Crippen LogP contribution in [0.1, 0.15) is 73.3 Å². The van der Waals surface area contributed by atoms with Crippen LogP contribution in [0.3, 0.4) is 0 Å². The molecule has 2 N–H and O–H groups in total. The molecule has 1 heterocycles. The Hall–Kier alpha value is -3.95. The molecule has 1 aromatic rings. The van der Waals surface area contributed by atoms with Gasteiger partial charge in [-0.25, -0.2) is 5.01 Å². The summed E-state index contributed by atoms with van der Waals surface area (Å²) in [6, 6.07) is 6.80. The molecular weight excluding hydrogens is 543 g/mol. The Morgan fingerprint density at radius 1 is 1.14 bits per heavy atom. The van der Waals surface area contributed by atoms with E-state index >= 15 is 0 Å². The Kier molecular flexibility index (Phi) is 17.4. The van der Waals surface area contributed by atoms with Crippen molar-refractivity contribution < 1.29 is 22.8 Å². The van der Waals surface area contributed by atoms with E-state index in [4.69, 9.17) is 0 Å². The van der Waals surface area contributed by atoms with Crippen molar-refractivity contribution in [2.75, 3.05) is 12.4 Å². The summed E-state index contributed by atoms with van der Waals surface area (Å²) in [5.74, 6) is 0.0328. The molecule has 0 radical (unpaired) electrons. The van der Waals surface area contributed by atoms with E-state index < -0.39 is 23.4 Å². The number of anilines is 1. The number of rotatable bonds is 5. The maximum absolute atomic E-state index is 12.8. The van der Waals surface area contributed by atoms with Crippen molar-refractivity contribution in [1.29, 1.82) is 0 Å². The first-order valence-corrected chi connectivity index (χ1v) is 14.1. The van der Waals surface area contributed by atoms with Gasteiger partial charge in [0.05, 0.1) is 11.3 Å². The zero-order valence-corrected chi connectivity index (χ0v) is 26.3. The van der Waals surface area contributed by atoms with E-state index in [1.807, 2.05) is 52.1 Å². The fourth-order valence-corrected chi connectivity index (χ4v) is 3.22. The number of hydrogen-bond acceptors (Lipinski definition) is 5. The number of nitrogens with one attached hydrogen (secondary N) is 2. The zero-order chi connectivity index (χ0) is 32.5. The molecule has 0 atom stereocenters. The molecule has 2 aliphatic rings. The van der Waals surface area contributed by atoms with Gasteiger partial charge in [0, 0.05) is 24.9 Å². The maximum Gasteiger partial charge on any atom is 0.433 e. The summed E-state index contributed by atoms with van der Waals surface area (Å²) in [4.78, 5) is 26.7. The zero-order valence-electron chi connectivity index (χ0n) is 26.3. The highest BCUT2D eigenvalue weighted by Gasteiger charge is 2.39. The van der Waals surface area contributed by atoms with Gasteiger partial charge < -0.3 is 10.6 Å². The largest absolute Gasteiger partial charge is 0.433 e. The number of allylic oxidation sites excluding steroid dienone is 4. The molecule has 1 saturated carbocycles. The Bertz CT molecular complexity index is 1210. The van der Waals surface area contributed by atoms with Crippen molar-refractivity contribution in [3.63, 3.8) is 0 Å². The van der Waals surface area contributed by atoms with E-state index in [1.54, 1.807) is 30.1 Å². The van der Waals surface area contributed by atoms with Crippen LogP contribution >= 0.6 is 0 Å². The lowest BCUT2D eigenvalue weighted by Crippen LogP contribution is -2.31. The number of alkyl halides is 3. The molecule has 10 heteroatoms. The van der Waals surface area contributed by atoms with Gasteiger partial charge in [-0.05, 0) is 69.9 Å². The quantitative estimate of drug-likeness (QED) is 0.207. The summed E-state index contributed by atoms with van der Waals surface area (Å²) in [5.41, 5.74) is 1.53. The first-order valence-electron chi connectivity index (χ1n) is 14.1. The maximum atomic E-state index is 12.8. The highest BCUT2D eigenvalue weighted by atomic mass is 19.4. The number of carbonyl (C=O) groups excluding carboxylic acids is 2. The number of aliphatic imine (C=N–C) groups is 1. The number of nitrogens with zero attached hydrogens (tertiary/aromatic N) is 3. The van der Waals surface area contributed by atoms with Gasteiger partial charge in [0.15, 0.2) is 5.71 Å². The normalized spacial score (nSPS) is 15.1. The molecule has 232 valence electrons. The third-order valence-corrected chi connectivity index (χ3v) is 5.23. The molecule has 1 aromatic carbocycles. The number of amides is 2. The number of halogens is 3. The van der Waals surface area contributed by atoms with Crippen LogP contribution in [0, 0.1) is 12.8 Å². The predicted molar refractivity (Wildman–Crippen MR) is 168 cm³/mol. The average molecular weight is 590 g/mol. The summed E-state index contributed by atoms with van der Waals surface area (Å²) < 4.78 is 38.3. The lowest BCUT2D eigenvalue weighted by molar-refractivity contribution is -0.120. The number of benzene rings is 1. The molecule has 42 heavy (non-hydrogen) atoms. The smallest absolute Gasteiger partial charge is 0.322 e. The van der Waals surface area contributed by atoms with Gasteiger partial charge in [-0.1, -0.05) is 65.0 Å². The molecule has 1 aliphatic heterocycles. The van der Waals surface area contributed by atoms with Gasteiger partial charge in [0.25, 0.3) is 5.91 Å². The molecular formula is C32H46F3N5O2.